The van der Waals surface area contributed by atoms with E-state index in [1.165, 1.54) is 0 Å². The summed E-state index contributed by atoms with van der Waals surface area (Å²) in [4.78, 5) is -1.38. The zero-order valence-corrected chi connectivity index (χ0v) is 9.25. The van der Waals surface area contributed by atoms with Crippen LogP contribution in [0.15, 0.2) is 27.6 Å². The summed E-state index contributed by atoms with van der Waals surface area (Å²) in [5.41, 5.74) is -1.53. The summed E-state index contributed by atoms with van der Waals surface area (Å²) in [6.07, 6.45) is -4.92. The van der Waals surface area contributed by atoms with Crippen molar-refractivity contribution in [2.45, 2.75) is 11.1 Å². The van der Waals surface area contributed by atoms with Gasteiger partial charge in [-0.05, 0) is 18.2 Å². The predicted molar refractivity (Wildman–Crippen MR) is 47.4 cm³/mol. The van der Waals surface area contributed by atoms with Crippen LogP contribution >= 0.6 is 15.9 Å². The second kappa shape index (κ2) is 3.75. The standard InChI is InChI=1S/C7H3BrF4O2S/c8-4-1-2-6(15(12,13)14)5(3-4)7(9,10)11/h1-3H. The lowest BCUT2D eigenvalue weighted by Gasteiger charge is -2.10. The Balaban J connectivity index is 3.55. The molecule has 0 aliphatic carbocycles. The summed E-state index contributed by atoms with van der Waals surface area (Å²) < 4.78 is 70.3. The van der Waals surface area contributed by atoms with Crippen LogP contribution in [0.2, 0.25) is 0 Å². The lowest BCUT2D eigenvalue weighted by atomic mass is 10.2. The molecule has 1 aromatic carbocycles. The maximum atomic E-state index is 12.5. The Morgan fingerprint density at radius 2 is 1.73 bits per heavy atom. The van der Waals surface area contributed by atoms with Crippen molar-refractivity contribution in [1.82, 2.24) is 0 Å². The van der Waals surface area contributed by atoms with Crippen LogP contribution in [0.1, 0.15) is 5.56 Å². The molecule has 2 nitrogen and oxygen atoms in total. The fraction of sp³-hybridized carbons (Fsp3) is 0.143. The highest BCUT2D eigenvalue weighted by molar-refractivity contribution is 9.10. The van der Waals surface area contributed by atoms with Gasteiger partial charge in [-0.1, -0.05) is 15.9 Å². The Bertz CT molecular complexity index is 480. The van der Waals surface area contributed by atoms with Gasteiger partial charge < -0.3 is 0 Å². The Kier molecular flexibility index (Phi) is 3.11. The van der Waals surface area contributed by atoms with Crippen molar-refractivity contribution in [3.05, 3.63) is 28.2 Å². The van der Waals surface area contributed by atoms with Gasteiger partial charge in [0.05, 0.1) is 5.56 Å². The average Bonchev–Trinajstić information content (AvgIpc) is 2.00. The van der Waals surface area contributed by atoms with E-state index in [4.69, 9.17) is 0 Å². The molecule has 8 heteroatoms. The highest BCUT2D eigenvalue weighted by atomic mass is 79.9. The van der Waals surface area contributed by atoms with Gasteiger partial charge in [0.2, 0.25) is 0 Å². The molecule has 84 valence electrons. The topological polar surface area (TPSA) is 34.1 Å². The second-order valence-corrected chi connectivity index (χ2v) is 4.81. The van der Waals surface area contributed by atoms with Gasteiger partial charge in [0.25, 0.3) is 0 Å². The van der Waals surface area contributed by atoms with E-state index in [9.17, 15) is 25.5 Å². The van der Waals surface area contributed by atoms with Gasteiger partial charge in [0.15, 0.2) is 0 Å². The molecular formula is C7H3BrF4O2S. The molecule has 0 aliphatic heterocycles. The van der Waals surface area contributed by atoms with E-state index in [1.54, 1.807) is 0 Å². The fourth-order valence-electron chi connectivity index (χ4n) is 0.936. The van der Waals surface area contributed by atoms with E-state index < -0.39 is 26.9 Å². The molecule has 0 heterocycles. The SMILES string of the molecule is O=S(=O)(F)c1ccc(Br)cc1C(F)(F)F. The molecule has 0 unspecified atom stereocenters. The maximum Gasteiger partial charge on any atom is 0.417 e. The third-order valence-electron chi connectivity index (χ3n) is 1.51. The highest BCUT2D eigenvalue weighted by Crippen LogP contribution is 2.36. The van der Waals surface area contributed by atoms with Crippen LogP contribution in [0.5, 0.6) is 0 Å². The minimum absolute atomic E-state index is 0.0159. The molecular weight excluding hydrogens is 304 g/mol. The quantitative estimate of drug-likeness (QED) is 0.590. The van der Waals surface area contributed by atoms with Crippen molar-refractivity contribution < 1.29 is 25.5 Å². The Morgan fingerprint density at radius 1 is 1.20 bits per heavy atom. The molecule has 0 radical (unpaired) electrons. The van der Waals surface area contributed by atoms with Crippen LogP contribution in [0.4, 0.5) is 17.1 Å². The van der Waals surface area contributed by atoms with E-state index in [0.29, 0.717) is 12.1 Å². The van der Waals surface area contributed by atoms with Crippen LogP contribution in [-0.2, 0) is 16.4 Å². The summed E-state index contributed by atoms with van der Waals surface area (Å²) in [6.45, 7) is 0. The van der Waals surface area contributed by atoms with Gasteiger partial charge in [0.1, 0.15) is 4.90 Å². The molecule has 1 aromatic rings. The van der Waals surface area contributed by atoms with E-state index in [2.05, 4.69) is 15.9 Å². The largest absolute Gasteiger partial charge is 0.417 e. The molecule has 0 bridgehead atoms. The minimum atomic E-state index is -5.37. The molecule has 0 aliphatic rings. The number of hydrogen-bond acceptors (Lipinski definition) is 2. The van der Waals surface area contributed by atoms with Crippen LogP contribution in [0.25, 0.3) is 0 Å². The van der Waals surface area contributed by atoms with Crippen molar-refractivity contribution >= 4 is 26.2 Å². The molecule has 15 heavy (non-hydrogen) atoms. The van der Waals surface area contributed by atoms with E-state index in [-0.39, 0.29) is 4.47 Å². The van der Waals surface area contributed by atoms with Crippen molar-refractivity contribution in [2.75, 3.05) is 0 Å². The van der Waals surface area contributed by atoms with E-state index in [1.807, 2.05) is 0 Å². The molecule has 0 atom stereocenters. The number of alkyl halides is 3. The van der Waals surface area contributed by atoms with Crippen molar-refractivity contribution in [2.24, 2.45) is 0 Å². The summed E-state index contributed by atoms with van der Waals surface area (Å²) in [6, 6.07) is 2.08. The van der Waals surface area contributed by atoms with Crippen molar-refractivity contribution in [3.8, 4) is 0 Å². The summed E-state index contributed by atoms with van der Waals surface area (Å²) in [5, 5.41) is 0. The molecule has 0 N–H and O–H groups in total. The highest BCUT2D eigenvalue weighted by Gasteiger charge is 2.37. The Labute approximate surface area is 91.2 Å². The number of halogens is 5. The van der Waals surface area contributed by atoms with Crippen molar-refractivity contribution in [1.29, 1.82) is 0 Å². The predicted octanol–water partition coefficient (Wildman–Crippen LogP) is 3.13. The van der Waals surface area contributed by atoms with Gasteiger partial charge in [0, 0.05) is 4.47 Å². The molecule has 0 amide bonds. The zero-order valence-electron chi connectivity index (χ0n) is 6.85. The molecule has 0 aromatic heterocycles. The zero-order chi connectivity index (χ0) is 11.9. The first kappa shape index (κ1) is 12.4. The first-order chi connectivity index (χ1) is 6.62. The Hall–Kier alpha value is -0.630. The minimum Gasteiger partial charge on any atom is -0.189 e. The first-order valence-corrected chi connectivity index (χ1v) is 5.61. The molecule has 0 spiro atoms. The van der Waals surface area contributed by atoms with Gasteiger partial charge >= 0.3 is 16.4 Å². The van der Waals surface area contributed by atoms with Crippen molar-refractivity contribution in [3.63, 3.8) is 0 Å². The van der Waals surface area contributed by atoms with Crippen LogP contribution < -0.4 is 0 Å². The maximum absolute atomic E-state index is 12.5. The van der Waals surface area contributed by atoms with Gasteiger partial charge in [-0.2, -0.15) is 21.6 Å². The van der Waals surface area contributed by atoms with Crippen LogP contribution in [0.3, 0.4) is 0 Å². The molecule has 1 rings (SSSR count). The summed E-state index contributed by atoms with van der Waals surface area (Å²) in [5.74, 6) is 0. The fourth-order valence-corrected chi connectivity index (χ4v) is 1.97. The number of hydrogen-bond donors (Lipinski definition) is 0. The monoisotopic (exact) mass is 306 g/mol. The summed E-state index contributed by atoms with van der Waals surface area (Å²) in [7, 11) is -5.37. The number of rotatable bonds is 1. The van der Waals surface area contributed by atoms with Gasteiger partial charge in [-0.15, -0.1) is 3.89 Å². The Morgan fingerprint density at radius 3 is 2.13 bits per heavy atom. The third-order valence-corrected chi connectivity index (χ3v) is 2.88. The van der Waals surface area contributed by atoms with Gasteiger partial charge in [-0.25, -0.2) is 0 Å². The van der Waals surface area contributed by atoms with Crippen LogP contribution in [0, 0.1) is 0 Å². The lowest BCUT2D eigenvalue weighted by Crippen LogP contribution is -2.10. The molecule has 0 saturated carbocycles. The molecule has 0 fully saturated rings. The number of benzene rings is 1. The average molecular weight is 307 g/mol. The van der Waals surface area contributed by atoms with Crippen LogP contribution in [-0.4, -0.2) is 8.42 Å². The normalized spacial score (nSPS) is 12.9. The molecule has 0 saturated heterocycles. The van der Waals surface area contributed by atoms with Gasteiger partial charge in [-0.3, -0.25) is 0 Å². The van der Waals surface area contributed by atoms with E-state index >= 15 is 0 Å². The third kappa shape index (κ3) is 2.91. The first-order valence-electron chi connectivity index (χ1n) is 3.44. The van der Waals surface area contributed by atoms with E-state index in [0.717, 1.165) is 6.07 Å². The lowest BCUT2D eigenvalue weighted by molar-refractivity contribution is -0.140. The second-order valence-electron chi connectivity index (χ2n) is 2.58. The smallest absolute Gasteiger partial charge is 0.189 e. The summed E-state index contributed by atoms with van der Waals surface area (Å²) >= 11 is 2.74.